The van der Waals surface area contributed by atoms with Crippen molar-refractivity contribution in [3.8, 4) is 0 Å². The molecule has 9 nitrogen and oxygen atoms in total. The number of carboxylic acids is 1. The van der Waals surface area contributed by atoms with E-state index in [1.165, 1.54) is 25.5 Å². The normalized spacial score (nSPS) is 15.5. The van der Waals surface area contributed by atoms with Crippen molar-refractivity contribution in [3.05, 3.63) is 47.7 Å². The van der Waals surface area contributed by atoms with Crippen molar-refractivity contribution in [1.82, 2.24) is 14.7 Å². The van der Waals surface area contributed by atoms with Crippen LogP contribution in [0.5, 0.6) is 0 Å². The summed E-state index contributed by atoms with van der Waals surface area (Å²) in [6, 6.07) is 9.70. The summed E-state index contributed by atoms with van der Waals surface area (Å²) in [5.41, 5.74) is 1.70. The number of nitrogens with one attached hydrogen (secondary N) is 2. The van der Waals surface area contributed by atoms with Gasteiger partial charge in [0.1, 0.15) is 12.1 Å². The average Bonchev–Trinajstić information content (AvgIpc) is 2.84. The van der Waals surface area contributed by atoms with E-state index in [0.29, 0.717) is 33.1 Å². The van der Waals surface area contributed by atoms with Crippen LogP contribution in [0.3, 0.4) is 0 Å². The SMILES string of the molecule is CNS(=O)(=O)c1ccc(N2CCC(F)(F)CC2)c(Nc2ncnc3ccc(Cl)cc23)c1.O=C(O)C(F)(F)F. The zero-order valence-corrected chi connectivity index (χ0v) is 21.1. The fourth-order valence-corrected chi connectivity index (χ4v) is 4.43. The third-order valence-corrected chi connectivity index (χ3v) is 7.12. The van der Waals surface area contributed by atoms with Gasteiger partial charge in [-0.25, -0.2) is 36.7 Å². The number of alkyl halides is 5. The summed E-state index contributed by atoms with van der Waals surface area (Å²) in [5, 5.41) is 11.4. The molecule has 1 aliphatic heterocycles. The molecule has 206 valence electrons. The molecule has 1 aliphatic rings. The smallest absolute Gasteiger partial charge is 0.475 e. The lowest BCUT2D eigenvalue weighted by molar-refractivity contribution is -0.192. The number of piperidine rings is 1. The Balaban J connectivity index is 0.000000505. The molecule has 2 aromatic carbocycles. The van der Waals surface area contributed by atoms with Crippen LogP contribution in [-0.4, -0.2) is 61.7 Å². The molecule has 0 radical (unpaired) electrons. The predicted octanol–water partition coefficient (Wildman–Crippen LogP) is 4.80. The van der Waals surface area contributed by atoms with Crippen molar-refractivity contribution < 1.29 is 40.3 Å². The molecule has 1 fully saturated rings. The highest BCUT2D eigenvalue weighted by Crippen LogP contribution is 2.37. The maximum atomic E-state index is 13.7. The van der Waals surface area contributed by atoms with Gasteiger partial charge in [0.25, 0.3) is 5.92 Å². The van der Waals surface area contributed by atoms with E-state index in [1.54, 1.807) is 24.3 Å². The van der Waals surface area contributed by atoms with Crippen LogP contribution < -0.4 is 14.9 Å². The van der Waals surface area contributed by atoms with E-state index in [2.05, 4.69) is 20.0 Å². The first kappa shape index (κ1) is 29.3. The molecule has 0 unspecified atom stereocenters. The second-order valence-electron chi connectivity index (χ2n) is 8.04. The monoisotopic (exact) mass is 581 g/mol. The largest absolute Gasteiger partial charge is 0.490 e. The Hall–Kier alpha value is -3.30. The minimum atomic E-state index is -5.08. The maximum absolute atomic E-state index is 13.7. The number of benzene rings is 2. The van der Waals surface area contributed by atoms with Crippen molar-refractivity contribution in [2.24, 2.45) is 0 Å². The van der Waals surface area contributed by atoms with Crippen LogP contribution in [0.25, 0.3) is 10.9 Å². The number of hydrogen-bond donors (Lipinski definition) is 3. The molecular weight excluding hydrogens is 561 g/mol. The Morgan fingerprint density at radius 3 is 2.32 bits per heavy atom. The highest BCUT2D eigenvalue weighted by atomic mass is 35.5. The minimum Gasteiger partial charge on any atom is -0.475 e. The summed E-state index contributed by atoms with van der Waals surface area (Å²) in [5.74, 6) is -5.03. The molecule has 0 spiro atoms. The van der Waals surface area contributed by atoms with Crippen molar-refractivity contribution in [2.45, 2.75) is 29.8 Å². The van der Waals surface area contributed by atoms with Gasteiger partial charge < -0.3 is 15.3 Å². The van der Waals surface area contributed by atoms with Crippen LogP contribution in [0, 0.1) is 0 Å². The lowest BCUT2D eigenvalue weighted by Gasteiger charge is -2.34. The van der Waals surface area contributed by atoms with Crippen LogP contribution in [-0.2, 0) is 14.8 Å². The maximum Gasteiger partial charge on any atom is 0.490 e. The zero-order chi connectivity index (χ0) is 28.3. The number of carbonyl (C=O) groups is 1. The standard InChI is InChI=1S/C20H20ClF2N5O2S.C2HF3O2/c1-24-31(29,30)14-3-5-18(28-8-6-20(22,23)7-9-28)17(11-14)27-19-15-10-13(21)2-4-16(15)25-12-26-19;3-2(4,5)1(6)7/h2-5,10-12,24H,6-9H2,1H3,(H,25,26,27);(H,6,7). The first-order chi connectivity index (χ1) is 17.6. The topological polar surface area (TPSA) is 125 Å². The molecule has 16 heteroatoms. The fraction of sp³-hybridized carbons (Fsp3) is 0.318. The molecule has 38 heavy (non-hydrogen) atoms. The summed E-state index contributed by atoms with van der Waals surface area (Å²) in [6.07, 6.45) is -4.24. The molecule has 1 saturated heterocycles. The van der Waals surface area contributed by atoms with Gasteiger partial charge in [0.05, 0.1) is 21.8 Å². The fourth-order valence-electron chi connectivity index (χ4n) is 3.51. The average molecular weight is 582 g/mol. The Bertz CT molecular complexity index is 1430. The number of halogens is 6. The number of aliphatic carboxylic acids is 1. The van der Waals surface area contributed by atoms with Crippen LogP contribution in [0.4, 0.5) is 39.1 Å². The minimum absolute atomic E-state index is 0.0417. The number of nitrogens with zero attached hydrogens (tertiary/aromatic N) is 3. The van der Waals surface area contributed by atoms with Crippen LogP contribution in [0.15, 0.2) is 47.6 Å². The first-order valence-electron chi connectivity index (χ1n) is 10.8. The van der Waals surface area contributed by atoms with E-state index in [1.807, 2.05) is 4.90 Å². The van der Waals surface area contributed by atoms with Crippen LogP contribution in [0.2, 0.25) is 5.02 Å². The van der Waals surface area contributed by atoms with E-state index >= 15 is 0 Å². The van der Waals surface area contributed by atoms with Gasteiger partial charge in [0, 0.05) is 36.3 Å². The van der Waals surface area contributed by atoms with Crippen LogP contribution in [0.1, 0.15) is 12.8 Å². The molecule has 0 amide bonds. The van der Waals surface area contributed by atoms with E-state index < -0.39 is 28.1 Å². The van der Waals surface area contributed by atoms with Gasteiger partial charge in [-0.3, -0.25) is 0 Å². The Labute approximate surface area is 218 Å². The van der Waals surface area contributed by atoms with E-state index in [4.69, 9.17) is 21.5 Å². The molecule has 2 heterocycles. The number of aromatic nitrogens is 2. The lowest BCUT2D eigenvalue weighted by Crippen LogP contribution is -2.39. The van der Waals surface area contributed by atoms with Gasteiger partial charge in [0.15, 0.2) is 0 Å². The molecule has 3 aromatic rings. The predicted molar refractivity (Wildman–Crippen MR) is 131 cm³/mol. The molecule has 1 aromatic heterocycles. The third-order valence-electron chi connectivity index (χ3n) is 5.48. The highest BCUT2D eigenvalue weighted by Gasteiger charge is 2.38. The van der Waals surface area contributed by atoms with Gasteiger partial charge >= 0.3 is 12.1 Å². The number of rotatable bonds is 5. The quantitative estimate of drug-likeness (QED) is 0.367. The Morgan fingerprint density at radius 2 is 1.74 bits per heavy atom. The van der Waals surface area contributed by atoms with Crippen LogP contribution >= 0.6 is 11.6 Å². The van der Waals surface area contributed by atoms with Gasteiger partial charge in [-0.1, -0.05) is 11.6 Å². The van der Waals surface area contributed by atoms with E-state index in [9.17, 15) is 30.4 Å². The first-order valence-corrected chi connectivity index (χ1v) is 12.7. The molecule has 3 N–H and O–H groups in total. The summed E-state index contributed by atoms with van der Waals surface area (Å²) in [6.45, 7) is 0.298. The van der Waals surface area contributed by atoms with Crippen molar-refractivity contribution in [1.29, 1.82) is 0 Å². The number of carboxylic acid groups (broad SMARTS) is 1. The number of hydrogen-bond acceptors (Lipinski definition) is 7. The van der Waals surface area contributed by atoms with E-state index in [-0.39, 0.29) is 30.8 Å². The van der Waals surface area contributed by atoms with Crippen molar-refractivity contribution in [2.75, 3.05) is 30.4 Å². The van der Waals surface area contributed by atoms with Crippen molar-refractivity contribution in [3.63, 3.8) is 0 Å². The zero-order valence-electron chi connectivity index (χ0n) is 19.6. The lowest BCUT2D eigenvalue weighted by atomic mass is 10.1. The Kier molecular flexibility index (Phi) is 8.63. The molecular formula is C22H21ClF5N5O4S. The second kappa shape index (κ2) is 11.2. The number of anilines is 3. The number of sulfonamides is 1. The summed E-state index contributed by atoms with van der Waals surface area (Å²) in [7, 11) is -2.39. The van der Waals surface area contributed by atoms with Gasteiger partial charge in [0.2, 0.25) is 10.0 Å². The Morgan fingerprint density at radius 1 is 1.11 bits per heavy atom. The summed E-state index contributed by atoms with van der Waals surface area (Å²) < 4.78 is 86.0. The van der Waals surface area contributed by atoms with Gasteiger partial charge in [-0.15, -0.1) is 0 Å². The van der Waals surface area contributed by atoms with Crippen molar-refractivity contribution >= 4 is 55.7 Å². The number of fused-ring (bicyclic) bond motifs is 1. The molecule has 4 rings (SSSR count). The van der Waals surface area contributed by atoms with E-state index in [0.717, 1.165) is 0 Å². The van der Waals surface area contributed by atoms with Gasteiger partial charge in [-0.05, 0) is 43.4 Å². The molecule has 0 atom stereocenters. The second-order valence-corrected chi connectivity index (χ2v) is 10.4. The summed E-state index contributed by atoms with van der Waals surface area (Å²) in [4.78, 5) is 19.2. The molecule has 0 bridgehead atoms. The molecule has 0 saturated carbocycles. The highest BCUT2D eigenvalue weighted by molar-refractivity contribution is 7.89. The third kappa shape index (κ3) is 7.17. The summed E-state index contributed by atoms with van der Waals surface area (Å²) >= 11 is 6.13. The van der Waals surface area contributed by atoms with Gasteiger partial charge in [-0.2, -0.15) is 13.2 Å². The molecule has 0 aliphatic carbocycles.